The summed E-state index contributed by atoms with van der Waals surface area (Å²) in [5.74, 6) is 0.235. The van der Waals surface area contributed by atoms with Gasteiger partial charge in [0.05, 0.1) is 6.61 Å². The van der Waals surface area contributed by atoms with E-state index in [0.717, 1.165) is 43.7 Å². The zero-order valence-electron chi connectivity index (χ0n) is 12.3. The minimum absolute atomic E-state index is 0.296. The number of hydrogen-bond donors (Lipinski definition) is 1. The van der Waals surface area contributed by atoms with Crippen molar-refractivity contribution in [2.45, 2.75) is 39.2 Å². The predicted molar refractivity (Wildman–Crippen MR) is 78.3 cm³/mol. The second-order valence-electron chi connectivity index (χ2n) is 5.50. The average Bonchev–Trinajstić information content (AvgIpc) is 2.87. The van der Waals surface area contributed by atoms with Crippen LogP contribution in [-0.2, 0) is 4.79 Å². The quantitative estimate of drug-likeness (QED) is 0.812. The van der Waals surface area contributed by atoms with Crippen LogP contribution in [0, 0.1) is 13.8 Å². The number of rotatable bonds is 6. The van der Waals surface area contributed by atoms with Gasteiger partial charge in [-0.2, -0.15) is 0 Å². The molecule has 2 rings (SSSR count). The fraction of sp³-hybridized carbons (Fsp3) is 0.562. The summed E-state index contributed by atoms with van der Waals surface area (Å²) in [6.07, 6.45) is 2.61. The van der Waals surface area contributed by atoms with Crippen LogP contribution in [0.2, 0.25) is 0 Å². The first-order chi connectivity index (χ1) is 9.58. The molecule has 1 aromatic rings. The normalized spacial score (nSPS) is 19.2. The van der Waals surface area contributed by atoms with E-state index in [1.165, 1.54) is 5.56 Å². The molecule has 0 bridgehead atoms. The van der Waals surface area contributed by atoms with Crippen molar-refractivity contribution in [1.82, 2.24) is 4.90 Å². The Morgan fingerprint density at radius 3 is 3.00 bits per heavy atom. The highest BCUT2D eigenvalue weighted by Gasteiger charge is 2.29. The summed E-state index contributed by atoms with van der Waals surface area (Å²) < 4.78 is 5.80. The number of carboxylic acids is 1. The number of aliphatic carboxylic acids is 1. The highest BCUT2D eigenvalue weighted by Crippen LogP contribution is 2.20. The topological polar surface area (TPSA) is 49.8 Å². The lowest BCUT2D eigenvalue weighted by Crippen LogP contribution is -2.36. The van der Waals surface area contributed by atoms with Crippen molar-refractivity contribution in [2.24, 2.45) is 0 Å². The van der Waals surface area contributed by atoms with E-state index in [4.69, 9.17) is 9.84 Å². The highest BCUT2D eigenvalue weighted by atomic mass is 16.5. The zero-order chi connectivity index (χ0) is 14.5. The average molecular weight is 277 g/mol. The van der Waals surface area contributed by atoms with Gasteiger partial charge < -0.3 is 9.84 Å². The standard InChI is InChI=1S/C16H23NO3/c1-12-6-7-13(2)15(11-12)20-10-4-9-17-8-3-5-14(17)16(18)19/h6-7,11,14H,3-5,8-10H2,1-2H3,(H,18,19)/t14-/m0/s1. The maximum atomic E-state index is 11.1. The Hall–Kier alpha value is -1.55. The van der Waals surface area contributed by atoms with Crippen molar-refractivity contribution in [1.29, 1.82) is 0 Å². The second-order valence-corrected chi connectivity index (χ2v) is 5.50. The minimum atomic E-state index is -0.696. The Morgan fingerprint density at radius 1 is 1.45 bits per heavy atom. The Balaban J connectivity index is 1.76. The van der Waals surface area contributed by atoms with Crippen LogP contribution in [0.25, 0.3) is 0 Å². The van der Waals surface area contributed by atoms with Crippen molar-refractivity contribution < 1.29 is 14.6 Å². The van der Waals surface area contributed by atoms with Crippen LogP contribution < -0.4 is 4.74 Å². The molecule has 1 N–H and O–H groups in total. The number of aryl methyl sites for hydroxylation is 2. The first kappa shape index (κ1) is 14.9. The lowest BCUT2D eigenvalue weighted by atomic mass is 10.1. The van der Waals surface area contributed by atoms with E-state index in [-0.39, 0.29) is 6.04 Å². The van der Waals surface area contributed by atoms with E-state index in [2.05, 4.69) is 17.0 Å². The molecule has 1 aliphatic heterocycles. The van der Waals surface area contributed by atoms with Gasteiger partial charge in [-0.05, 0) is 56.8 Å². The molecule has 0 aliphatic carbocycles. The van der Waals surface area contributed by atoms with Crippen LogP contribution in [0.15, 0.2) is 18.2 Å². The van der Waals surface area contributed by atoms with Gasteiger partial charge in [-0.25, -0.2) is 0 Å². The SMILES string of the molecule is Cc1ccc(C)c(OCCCN2CCC[C@H]2C(=O)O)c1. The van der Waals surface area contributed by atoms with Gasteiger partial charge in [0, 0.05) is 6.54 Å². The molecule has 0 radical (unpaired) electrons. The van der Waals surface area contributed by atoms with Gasteiger partial charge in [0.25, 0.3) is 0 Å². The maximum Gasteiger partial charge on any atom is 0.320 e. The highest BCUT2D eigenvalue weighted by molar-refractivity contribution is 5.73. The Morgan fingerprint density at radius 2 is 2.25 bits per heavy atom. The molecule has 0 saturated carbocycles. The van der Waals surface area contributed by atoms with Gasteiger partial charge in [-0.15, -0.1) is 0 Å². The van der Waals surface area contributed by atoms with E-state index in [1.807, 2.05) is 19.9 Å². The van der Waals surface area contributed by atoms with Gasteiger partial charge in [-0.1, -0.05) is 12.1 Å². The molecule has 110 valence electrons. The predicted octanol–water partition coefficient (Wildman–Crippen LogP) is 2.62. The molecule has 0 amide bonds. The maximum absolute atomic E-state index is 11.1. The van der Waals surface area contributed by atoms with Gasteiger partial charge in [-0.3, -0.25) is 9.69 Å². The number of nitrogens with zero attached hydrogens (tertiary/aromatic N) is 1. The molecular weight excluding hydrogens is 254 g/mol. The number of benzene rings is 1. The fourth-order valence-electron chi connectivity index (χ4n) is 2.69. The van der Waals surface area contributed by atoms with E-state index >= 15 is 0 Å². The van der Waals surface area contributed by atoms with Crippen molar-refractivity contribution in [2.75, 3.05) is 19.7 Å². The smallest absolute Gasteiger partial charge is 0.320 e. The van der Waals surface area contributed by atoms with E-state index < -0.39 is 5.97 Å². The van der Waals surface area contributed by atoms with Crippen molar-refractivity contribution in [3.63, 3.8) is 0 Å². The molecule has 1 heterocycles. The molecule has 0 spiro atoms. The number of carbonyl (C=O) groups is 1. The molecule has 1 aliphatic rings. The third kappa shape index (κ3) is 3.73. The summed E-state index contributed by atoms with van der Waals surface area (Å²) in [6, 6.07) is 5.89. The molecule has 0 unspecified atom stereocenters. The molecule has 0 aromatic heterocycles. The van der Waals surface area contributed by atoms with Crippen molar-refractivity contribution >= 4 is 5.97 Å². The van der Waals surface area contributed by atoms with Crippen LogP contribution in [-0.4, -0.2) is 41.7 Å². The Kier molecular flexibility index (Phi) is 5.01. The summed E-state index contributed by atoms with van der Waals surface area (Å²) in [7, 11) is 0. The number of likely N-dealkylation sites (tertiary alicyclic amines) is 1. The molecule has 20 heavy (non-hydrogen) atoms. The summed E-state index contributed by atoms with van der Waals surface area (Å²) in [4.78, 5) is 13.1. The third-order valence-electron chi connectivity index (χ3n) is 3.84. The monoisotopic (exact) mass is 277 g/mol. The minimum Gasteiger partial charge on any atom is -0.493 e. The Bertz CT molecular complexity index is 473. The van der Waals surface area contributed by atoms with Crippen LogP contribution >= 0.6 is 0 Å². The van der Waals surface area contributed by atoms with Crippen molar-refractivity contribution in [3.8, 4) is 5.75 Å². The summed E-state index contributed by atoms with van der Waals surface area (Å²) >= 11 is 0. The van der Waals surface area contributed by atoms with E-state index in [0.29, 0.717) is 6.61 Å². The number of ether oxygens (including phenoxy) is 1. The Labute approximate surface area is 120 Å². The van der Waals surface area contributed by atoms with Crippen molar-refractivity contribution in [3.05, 3.63) is 29.3 Å². The molecule has 4 nitrogen and oxygen atoms in total. The van der Waals surface area contributed by atoms with Gasteiger partial charge in [0.2, 0.25) is 0 Å². The lowest BCUT2D eigenvalue weighted by Gasteiger charge is -2.20. The van der Waals surface area contributed by atoms with E-state index in [1.54, 1.807) is 0 Å². The van der Waals surface area contributed by atoms with E-state index in [9.17, 15) is 4.79 Å². The first-order valence-electron chi connectivity index (χ1n) is 7.25. The van der Waals surface area contributed by atoms with Gasteiger partial charge >= 0.3 is 5.97 Å². The molecule has 4 heteroatoms. The summed E-state index contributed by atoms with van der Waals surface area (Å²) in [6.45, 7) is 6.40. The summed E-state index contributed by atoms with van der Waals surface area (Å²) in [5.41, 5.74) is 2.33. The van der Waals surface area contributed by atoms with Crippen LogP contribution in [0.5, 0.6) is 5.75 Å². The largest absolute Gasteiger partial charge is 0.493 e. The number of hydrogen-bond acceptors (Lipinski definition) is 3. The summed E-state index contributed by atoms with van der Waals surface area (Å²) in [5, 5.41) is 9.11. The van der Waals surface area contributed by atoms with Gasteiger partial charge in [0.15, 0.2) is 0 Å². The molecule has 1 aromatic carbocycles. The molecule has 1 saturated heterocycles. The third-order valence-corrected chi connectivity index (χ3v) is 3.84. The fourth-order valence-corrected chi connectivity index (χ4v) is 2.69. The van der Waals surface area contributed by atoms with Gasteiger partial charge in [0.1, 0.15) is 11.8 Å². The van der Waals surface area contributed by atoms with Crippen LogP contribution in [0.1, 0.15) is 30.4 Å². The van der Waals surface area contributed by atoms with Crippen LogP contribution in [0.4, 0.5) is 0 Å². The zero-order valence-corrected chi connectivity index (χ0v) is 12.3. The molecule has 1 atom stereocenters. The number of carboxylic acid groups (broad SMARTS) is 1. The lowest BCUT2D eigenvalue weighted by molar-refractivity contribution is -0.142. The second kappa shape index (κ2) is 6.75. The van der Waals surface area contributed by atoms with Crippen LogP contribution in [0.3, 0.4) is 0 Å². The first-order valence-corrected chi connectivity index (χ1v) is 7.25. The molecule has 1 fully saturated rings. The molecular formula is C16H23NO3.